The number of carbonyl (C=O) groups excluding carboxylic acids is 2. The van der Waals surface area contributed by atoms with E-state index in [1.807, 2.05) is 50.5 Å². The van der Waals surface area contributed by atoms with Gasteiger partial charge in [-0.2, -0.15) is 0 Å². The Balaban J connectivity index is 0.00000194. The quantitative estimate of drug-likeness (QED) is 0.191. The van der Waals surface area contributed by atoms with Crippen molar-refractivity contribution in [2.45, 2.75) is 51.7 Å². The Kier molecular flexibility index (Phi) is 12.9. The van der Waals surface area contributed by atoms with E-state index in [0.29, 0.717) is 25.0 Å². The predicted molar refractivity (Wildman–Crippen MR) is 136 cm³/mol. The van der Waals surface area contributed by atoms with Crippen LogP contribution in [0.5, 0.6) is 0 Å². The molecule has 0 unspecified atom stereocenters. The average molecular weight is 510 g/mol. The first kappa shape index (κ1) is 30.0. The van der Waals surface area contributed by atoms with Gasteiger partial charge < -0.3 is 29.8 Å². The molecule has 0 bridgehead atoms. The Labute approximate surface area is 209 Å². The van der Waals surface area contributed by atoms with Crippen LogP contribution in [0.15, 0.2) is 34.1 Å². The van der Waals surface area contributed by atoms with Crippen molar-refractivity contribution in [3.63, 3.8) is 0 Å². The number of esters is 1. The second-order valence-corrected chi connectivity index (χ2v) is 9.36. The van der Waals surface area contributed by atoms with Crippen molar-refractivity contribution in [3.05, 3.63) is 40.2 Å². The molecule has 0 radical (unpaired) electrons. The molecule has 2 rings (SSSR count). The van der Waals surface area contributed by atoms with Crippen molar-refractivity contribution < 1.29 is 29.0 Å². The molecular formula is C24H35N3O7S. The van der Waals surface area contributed by atoms with Crippen LogP contribution in [0.25, 0.3) is 10.9 Å². The number of carbonyl (C=O) groups is 3. The second-order valence-electron chi connectivity index (χ2n) is 8.19. The Morgan fingerprint density at radius 2 is 1.86 bits per heavy atom. The first-order valence-electron chi connectivity index (χ1n) is 11.3. The minimum Gasteiger partial charge on any atom is -0.483 e. The third-order valence-corrected chi connectivity index (χ3v) is 5.40. The van der Waals surface area contributed by atoms with E-state index in [0.717, 1.165) is 22.7 Å². The molecule has 10 nitrogen and oxygen atoms in total. The minimum atomic E-state index is -0.594. The maximum Gasteiger partial charge on any atom is 0.407 e. The SMILES string of the molecule is CCOC(=O)c1cn(CC)c2ccc(SCCNCCNC(=O)OC(C)(C)C)cc2c1=O.O=CO. The number of carboxylic acid groups (broad SMARTS) is 1. The molecule has 2 aromatic rings. The fourth-order valence-electron chi connectivity index (χ4n) is 3.02. The van der Waals surface area contributed by atoms with E-state index < -0.39 is 17.7 Å². The van der Waals surface area contributed by atoms with Crippen LogP contribution in [-0.4, -0.2) is 65.8 Å². The van der Waals surface area contributed by atoms with E-state index >= 15 is 0 Å². The van der Waals surface area contributed by atoms with Crippen LogP contribution < -0.4 is 16.1 Å². The summed E-state index contributed by atoms with van der Waals surface area (Å²) in [6.45, 7) is 11.6. The lowest BCUT2D eigenvalue weighted by Gasteiger charge is -2.19. The molecule has 0 fully saturated rings. The fraction of sp³-hybridized carbons (Fsp3) is 0.500. The third-order valence-electron chi connectivity index (χ3n) is 4.41. The highest BCUT2D eigenvalue weighted by Gasteiger charge is 2.17. The van der Waals surface area contributed by atoms with Gasteiger partial charge in [-0.1, -0.05) is 0 Å². The second kappa shape index (κ2) is 15.0. The first-order valence-corrected chi connectivity index (χ1v) is 12.3. The lowest BCUT2D eigenvalue weighted by Crippen LogP contribution is -2.36. The van der Waals surface area contributed by atoms with Crippen LogP contribution >= 0.6 is 11.8 Å². The molecule has 3 N–H and O–H groups in total. The standard InChI is InChI=1S/C23H33N3O5S.CH2O2/c1-6-26-15-18(21(28)30-7-2)20(27)17-14-16(8-9-19(17)26)32-13-12-24-10-11-25-22(29)31-23(3,4)5;2-1-3/h8-9,14-15,24H,6-7,10-13H2,1-5H3,(H,25,29);1H,(H,2,3). The van der Waals surface area contributed by atoms with Crippen LogP contribution in [0, 0.1) is 0 Å². The van der Waals surface area contributed by atoms with Gasteiger partial charge in [-0.15, -0.1) is 11.8 Å². The molecule has 1 aromatic heterocycles. The summed E-state index contributed by atoms with van der Waals surface area (Å²) in [6, 6.07) is 5.73. The predicted octanol–water partition coefficient (Wildman–Crippen LogP) is 3.11. The number of nitrogens with one attached hydrogen (secondary N) is 2. The van der Waals surface area contributed by atoms with E-state index in [1.54, 1.807) is 24.9 Å². The van der Waals surface area contributed by atoms with E-state index in [1.165, 1.54) is 0 Å². The third kappa shape index (κ3) is 10.4. The lowest BCUT2D eigenvalue weighted by molar-refractivity contribution is -0.122. The minimum absolute atomic E-state index is 0.0579. The maximum atomic E-state index is 12.9. The van der Waals surface area contributed by atoms with Crippen LogP contribution in [0.4, 0.5) is 4.79 Å². The molecule has 194 valence electrons. The van der Waals surface area contributed by atoms with Gasteiger partial charge in [0.05, 0.1) is 12.1 Å². The van der Waals surface area contributed by atoms with Gasteiger partial charge in [0.1, 0.15) is 11.2 Å². The Morgan fingerprint density at radius 3 is 2.46 bits per heavy atom. The van der Waals surface area contributed by atoms with Gasteiger partial charge in [0.15, 0.2) is 0 Å². The Bertz CT molecular complexity index is 1050. The number of alkyl carbamates (subject to hydrolysis) is 1. The number of aryl methyl sites for hydroxylation is 1. The molecule has 0 spiro atoms. The summed E-state index contributed by atoms with van der Waals surface area (Å²) in [5.41, 5.74) is 0.0338. The van der Waals surface area contributed by atoms with Crippen LogP contribution in [0.1, 0.15) is 45.0 Å². The topological polar surface area (TPSA) is 136 Å². The molecule has 35 heavy (non-hydrogen) atoms. The van der Waals surface area contributed by atoms with E-state index in [4.69, 9.17) is 19.4 Å². The number of fused-ring (bicyclic) bond motifs is 1. The molecule has 0 saturated heterocycles. The number of hydrogen-bond donors (Lipinski definition) is 3. The van der Waals surface area contributed by atoms with Gasteiger partial charge in [-0.05, 0) is 52.8 Å². The first-order chi connectivity index (χ1) is 16.6. The Hall–Kier alpha value is -3.05. The van der Waals surface area contributed by atoms with Crippen LogP contribution in [-0.2, 0) is 20.8 Å². The zero-order valence-electron chi connectivity index (χ0n) is 20.9. The fourth-order valence-corrected chi connectivity index (χ4v) is 3.86. The molecule has 0 aliphatic heterocycles. The van der Waals surface area contributed by atoms with Crippen molar-refractivity contribution in [1.29, 1.82) is 0 Å². The smallest absolute Gasteiger partial charge is 0.407 e. The van der Waals surface area contributed by atoms with Gasteiger partial charge in [0.2, 0.25) is 5.43 Å². The van der Waals surface area contributed by atoms with E-state index in [-0.39, 0.29) is 24.1 Å². The number of amides is 1. The van der Waals surface area contributed by atoms with Crippen molar-refractivity contribution >= 4 is 41.2 Å². The van der Waals surface area contributed by atoms with Gasteiger partial charge in [-0.25, -0.2) is 9.59 Å². The summed E-state index contributed by atoms with van der Waals surface area (Å²) in [5.74, 6) is 0.196. The van der Waals surface area contributed by atoms with Crippen molar-refractivity contribution in [2.24, 2.45) is 0 Å². The highest BCUT2D eigenvalue weighted by molar-refractivity contribution is 7.99. The highest BCUT2D eigenvalue weighted by atomic mass is 32.2. The molecular weight excluding hydrogens is 474 g/mol. The molecule has 1 amide bonds. The van der Waals surface area contributed by atoms with Gasteiger partial charge >= 0.3 is 12.1 Å². The number of ether oxygens (including phenoxy) is 2. The largest absolute Gasteiger partial charge is 0.483 e. The number of thioether (sulfide) groups is 1. The van der Waals surface area contributed by atoms with Gasteiger partial charge in [0.25, 0.3) is 6.47 Å². The molecule has 0 atom stereocenters. The van der Waals surface area contributed by atoms with Crippen molar-refractivity contribution in [1.82, 2.24) is 15.2 Å². The monoisotopic (exact) mass is 509 g/mol. The molecule has 1 aromatic carbocycles. The molecule has 0 aliphatic rings. The van der Waals surface area contributed by atoms with E-state index in [2.05, 4.69) is 10.6 Å². The normalized spacial score (nSPS) is 10.8. The van der Waals surface area contributed by atoms with Gasteiger partial charge in [-0.3, -0.25) is 9.59 Å². The molecule has 11 heteroatoms. The molecule has 1 heterocycles. The Morgan fingerprint density at radius 1 is 1.17 bits per heavy atom. The summed E-state index contributed by atoms with van der Waals surface area (Å²) >= 11 is 1.62. The lowest BCUT2D eigenvalue weighted by atomic mass is 10.1. The molecule has 0 aliphatic carbocycles. The summed E-state index contributed by atoms with van der Waals surface area (Å²) in [4.78, 5) is 46.0. The number of pyridine rings is 1. The van der Waals surface area contributed by atoms with Gasteiger partial charge in [0, 0.05) is 48.4 Å². The van der Waals surface area contributed by atoms with Crippen LogP contribution in [0.2, 0.25) is 0 Å². The number of aromatic nitrogens is 1. The highest BCUT2D eigenvalue weighted by Crippen LogP contribution is 2.22. The summed E-state index contributed by atoms with van der Waals surface area (Å²) < 4.78 is 12.1. The maximum absolute atomic E-state index is 12.9. The number of benzene rings is 1. The number of rotatable bonds is 10. The number of hydrogen-bond acceptors (Lipinski definition) is 8. The summed E-state index contributed by atoms with van der Waals surface area (Å²) in [5, 5.41) is 13.4. The average Bonchev–Trinajstić information content (AvgIpc) is 2.78. The zero-order valence-corrected chi connectivity index (χ0v) is 21.7. The van der Waals surface area contributed by atoms with Crippen LogP contribution in [0.3, 0.4) is 0 Å². The number of nitrogens with zero attached hydrogens (tertiary/aromatic N) is 1. The van der Waals surface area contributed by atoms with Crippen molar-refractivity contribution in [3.8, 4) is 0 Å². The van der Waals surface area contributed by atoms with E-state index in [9.17, 15) is 14.4 Å². The van der Waals surface area contributed by atoms with Crippen molar-refractivity contribution in [2.75, 3.05) is 32.0 Å². The summed E-state index contributed by atoms with van der Waals surface area (Å²) in [7, 11) is 0. The molecule has 0 saturated carbocycles. The summed E-state index contributed by atoms with van der Waals surface area (Å²) in [6.07, 6.45) is 1.15. The zero-order chi connectivity index (χ0) is 26.4.